The van der Waals surface area contributed by atoms with Gasteiger partial charge in [-0.05, 0) is 44.0 Å². The smallest absolute Gasteiger partial charge is 0.241 e. The maximum absolute atomic E-state index is 11.9. The Labute approximate surface area is 124 Å². The molecule has 1 atom stereocenters. The van der Waals surface area contributed by atoms with Crippen molar-refractivity contribution in [2.24, 2.45) is 0 Å². The number of carbonyl (C=O) groups is 1. The van der Waals surface area contributed by atoms with Crippen LogP contribution in [0.1, 0.15) is 27.0 Å². The second kappa shape index (κ2) is 6.51. The molecule has 0 radical (unpaired) electrons. The van der Waals surface area contributed by atoms with Gasteiger partial charge in [-0.2, -0.15) is 4.52 Å². The normalized spacial score (nSPS) is 10.9. The summed E-state index contributed by atoms with van der Waals surface area (Å²) >= 11 is 0. The summed E-state index contributed by atoms with van der Waals surface area (Å²) in [7, 11) is -2.56. The first-order valence-electron chi connectivity index (χ1n) is 6.48. The fraction of sp³-hybridized carbons (Fsp3) is 0.188. The van der Waals surface area contributed by atoms with Gasteiger partial charge in [-0.3, -0.25) is 0 Å². The second-order valence-corrected chi connectivity index (χ2v) is 5.60. The van der Waals surface area contributed by atoms with Crippen molar-refractivity contribution in [2.45, 2.75) is 20.8 Å². The Morgan fingerprint density at radius 3 is 2.14 bits per heavy atom. The lowest BCUT2D eigenvalue weighted by Crippen LogP contribution is -2.01. The third kappa shape index (κ3) is 3.89. The molecule has 2 aromatic carbocycles. The van der Waals surface area contributed by atoms with E-state index in [2.05, 4.69) is 0 Å². The summed E-state index contributed by atoms with van der Waals surface area (Å²) in [6, 6.07) is 12.2. The van der Waals surface area contributed by atoms with Crippen LogP contribution in [0, 0.1) is 20.8 Å². The highest BCUT2D eigenvalue weighted by Crippen LogP contribution is 2.34. The fourth-order valence-electron chi connectivity index (χ4n) is 2.10. The van der Waals surface area contributed by atoms with E-state index in [0.717, 1.165) is 16.7 Å². The van der Waals surface area contributed by atoms with Crippen LogP contribution >= 0.6 is 8.25 Å². The van der Waals surface area contributed by atoms with Crippen molar-refractivity contribution in [3.05, 3.63) is 64.7 Å². The van der Waals surface area contributed by atoms with Gasteiger partial charge in [-0.1, -0.05) is 35.9 Å². The van der Waals surface area contributed by atoms with Gasteiger partial charge < -0.3 is 0 Å². The first-order chi connectivity index (χ1) is 9.97. The van der Waals surface area contributed by atoms with Crippen LogP contribution in [0.3, 0.4) is 0 Å². The van der Waals surface area contributed by atoms with Crippen LogP contribution in [0.25, 0.3) is 0 Å². The van der Waals surface area contributed by atoms with E-state index in [1.807, 2.05) is 32.9 Å². The molecule has 0 heterocycles. The number of carbonyl (C=O) groups excluding carboxylic acids is 1. The summed E-state index contributed by atoms with van der Waals surface area (Å²) in [6.45, 7) is 5.69. The molecule has 0 fully saturated rings. The van der Waals surface area contributed by atoms with E-state index < -0.39 is 14.2 Å². The zero-order valence-electron chi connectivity index (χ0n) is 12.1. The standard InChI is InChI=1S/C16H16O4P/c1-11-9-12(2)15(13(3)10-11)19-21(18)20-16(17)14-7-5-4-6-8-14/h4-10H,1-3H3/q+1. The monoisotopic (exact) mass is 303 g/mol. The van der Waals surface area contributed by atoms with Gasteiger partial charge in [0.15, 0.2) is 5.75 Å². The summed E-state index contributed by atoms with van der Waals surface area (Å²) < 4.78 is 22.0. The van der Waals surface area contributed by atoms with Crippen LogP contribution in [0.5, 0.6) is 5.75 Å². The third-order valence-electron chi connectivity index (χ3n) is 2.94. The predicted octanol–water partition coefficient (Wildman–Crippen LogP) is 4.51. The molecule has 0 aliphatic heterocycles. The Morgan fingerprint density at radius 2 is 1.57 bits per heavy atom. The van der Waals surface area contributed by atoms with E-state index in [9.17, 15) is 9.36 Å². The van der Waals surface area contributed by atoms with E-state index >= 15 is 0 Å². The van der Waals surface area contributed by atoms with Gasteiger partial charge in [0.05, 0.1) is 5.56 Å². The lowest BCUT2D eigenvalue weighted by molar-refractivity contribution is 0.0733. The van der Waals surface area contributed by atoms with Gasteiger partial charge in [-0.15, -0.1) is 0 Å². The van der Waals surface area contributed by atoms with Crippen molar-refractivity contribution in [1.82, 2.24) is 0 Å². The molecule has 5 heteroatoms. The van der Waals surface area contributed by atoms with Crippen molar-refractivity contribution in [3.63, 3.8) is 0 Å². The van der Waals surface area contributed by atoms with Gasteiger partial charge in [0.25, 0.3) is 0 Å². The van der Waals surface area contributed by atoms with Crippen LogP contribution in [-0.2, 0) is 9.09 Å². The highest BCUT2D eigenvalue weighted by molar-refractivity contribution is 7.34. The van der Waals surface area contributed by atoms with Gasteiger partial charge in [0.2, 0.25) is 0 Å². The molecule has 21 heavy (non-hydrogen) atoms. The molecule has 2 aromatic rings. The summed E-state index contributed by atoms with van der Waals surface area (Å²) in [5.74, 6) is -0.179. The van der Waals surface area contributed by atoms with Crippen LogP contribution < -0.4 is 4.52 Å². The molecule has 0 saturated heterocycles. The topological polar surface area (TPSA) is 52.6 Å². The second-order valence-electron chi connectivity index (χ2n) is 4.79. The molecule has 2 rings (SSSR count). The maximum Gasteiger partial charge on any atom is 0.808 e. The molecule has 0 saturated carbocycles. The van der Waals surface area contributed by atoms with E-state index in [1.54, 1.807) is 30.3 Å². The number of rotatable bonds is 4. The van der Waals surface area contributed by atoms with Crippen molar-refractivity contribution < 1.29 is 18.4 Å². The first kappa shape index (κ1) is 15.2. The molecule has 1 unspecified atom stereocenters. The Hall–Kier alpha value is -2.19. The molecule has 108 valence electrons. The minimum Gasteiger partial charge on any atom is -0.241 e. The molecule has 0 bridgehead atoms. The number of hydrogen-bond acceptors (Lipinski definition) is 4. The summed E-state index contributed by atoms with van der Waals surface area (Å²) in [4.78, 5) is 11.8. The average molecular weight is 303 g/mol. The highest BCUT2D eigenvalue weighted by atomic mass is 31.1. The van der Waals surface area contributed by atoms with E-state index in [-0.39, 0.29) is 0 Å². The number of aryl methyl sites for hydroxylation is 3. The largest absolute Gasteiger partial charge is 0.808 e. The molecule has 0 amide bonds. The number of hydrogen-bond donors (Lipinski definition) is 0. The van der Waals surface area contributed by atoms with Gasteiger partial charge in [0.1, 0.15) is 0 Å². The van der Waals surface area contributed by atoms with Crippen molar-refractivity contribution in [2.75, 3.05) is 0 Å². The Bertz CT molecular complexity index is 657. The molecule has 0 aliphatic carbocycles. The van der Waals surface area contributed by atoms with E-state index in [4.69, 9.17) is 9.05 Å². The minimum atomic E-state index is -2.56. The summed E-state index contributed by atoms with van der Waals surface area (Å²) in [5, 5.41) is 0. The lowest BCUT2D eigenvalue weighted by Gasteiger charge is -2.04. The van der Waals surface area contributed by atoms with Gasteiger partial charge >= 0.3 is 14.2 Å². The molecule has 4 nitrogen and oxygen atoms in total. The van der Waals surface area contributed by atoms with Crippen molar-refractivity contribution >= 4 is 14.2 Å². The maximum atomic E-state index is 11.9. The molecular weight excluding hydrogens is 287 g/mol. The average Bonchev–Trinajstić information content (AvgIpc) is 2.43. The minimum absolute atomic E-state index is 0.335. The lowest BCUT2D eigenvalue weighted by atomic mass is 10.1. The molecular formula is C16H16O4P+. The zero-order chi connectivity index (χ0) is 15.4. The first-order valence-corrected chi connectivity index (χ1v) is 7.57. The van der Waals surface area contributed by atoms with E-state index in [0.29, 0.717) is 11.3 Å². The third-order valence-corrected chi connectivity index (χ3v) is 3.58. The highest BCUT2D eigenvalue weighted by Gasteiger charge is 2.30. The quantitative estimate of drug-likeness (QED) is 0.780. The van der Waals surface area contributed by atoms with E-state index in [1.165, 1.54) is 0 Å². The molecule has 0 N–H and O–H groups in total. The number of benzene rings is 2. The van der Waals surface area contributed by atoms with Crippen LogP contribution in [-0.4, -0.2) is 5.97 Å². The predicted molar refractivity (Wildman–Crippen MR) is 80.7 cm³/mol. The summed E-state index contributed by atoms with van der Waals surface area (Å²) in [5.41, 5.74) is 3.13. The Balaban J connectivity index is 2.08. The van der Waals surface area contributed by atoms with Crippen molar-refractivity contribution in [1.29, 1.82) is 0 Å². The molecule has 0 aliphatic rings. The fourth-order valence-corrected chi connectivity index (χ4v) is 2.81. The SMILES string of the molecule is Cc1cc(C)c(O[P+](=O)OC(=O)c2ccccc2)c(C)c1. The Morgan fingerprint density at radius 1 is 1.00 bits per heavy atom. The van der Waals surface area contributed by atoms with Crippen LogP contribution in [0.15, 0.2) is 42.5 Å². The van der Waals surface area contributed by atoms with Crippen LogP contribution in [0.2, 0.25) is 0 Å². The van der Waals surface area contributed by atoms with Crippen LogP contribution in [0.4, 0.5) is 0 Å². The molecule has 0 spiro atoms. The van der Waals surface area contributed by atoms with Crippen molar-refractivity contribution in [3.8, 4) is 5.75 Å². The molecule has 0 aromatic heterocycles. The zero-order valence-corrected chi connectivity index (χ0v) is 13.0. The van der Waals surface area contributed by atoms with Gasteiger partial charge in [-0.25, -0.2) is 9.32 Å². The van der Waals surface area contributed by atoms with Gasteiger partial charge in [0, 0.05) is 4.57 Å². The summed E-state index contributed by atoms with van der Waals surface area (Å²) in [6.07, 6.45) is 0. The Kier molecular flexibility index (Phi) is 4.71.